The smallest absolute Gasteiger partial charge is 0.250 e. The third-order valence-corrected chi connectivity index (χ3v) is 4.15. The summed E-state index contributed by atoms with van der Waals surface area (Å²) in [6, 6.07) is 1.62. The second-order valence-corrected chi connectivity index (χ2v) is 6.84. The number of nitrogens with two attached hydrogens (primary N) is 3. The molecule has 2 rings (SSSR count). The van der Waals surface area contributed by atoms with Crippen molar-refractivity contribution in [2.24, 2.45) is 23.1 Å². The number of primary amides is 2. The zero-order valence-corrected chi connectivity index (χ0v) is 15.2. The molecule has 0 aliphatic heterocycles. The van der Waals surface area contributed by atoms with E-state index in [1.54, 1.807) is 6.92 Å². The van der Waals surface area contributed by atoms with E-state index in [0.717, 1.165) is 18.9 Å². The number of allylic oxidation sites excluding steroid dienone is 1. The predicted molar refractivity (Wildman–Crippen MR) is 103 cm³/mol. The topological polar surface area (TPSA) is 136 Å². The molecule has 1 saturated carbocycles. The molecule has 1 aliphatic carbocycles. The third kappa shape index (κ3) is 5.41. The number of anilines is 2. The van der Waals surface area contributed by atoms with Gasteiger partial charge in [0.25, 0.3) is 5.91 Å². The van der Waals surface area contributed by atoms with Crippen LogP contribution in [0.4, 0.5) is 15.8 Å². The van der Waals surface area contributed by atoms with E-state index < -0.39 is 23.7 Å². The van der Waals surface area contributed by atoms with Crippen LogP contribution >= 0.6 is 12.2 Å². The number of halogens is 1. The molecule has 1 aliphatic rings. The summed E-state index contributed by atoms with van der Waals surface area (Å²) in [7, 11) is 0. The van der Waals surface area contributed by atoms with Crippen LogP contribution in [0.15, 0.2) is 23.9 Å². The Bertz CT molecular complexity index is 773. The average molecular weight is 379 g/mol. The zero-order chi connectivity index (χ0) is 19.4. The number of carbonyl (C=O) groups excluding carboxylic acids is 2. The maximum atomic E-state index is 14.4. The normalized spacial score (nSPS) is 15.2. The van der Waals surface area contributed by atoms with Gasteiger partial charge in [0.05, 0.1) is 16.9 Å². The highest BCUT2D eigenvalue weighted by Crippen LogP contribution is 2.34. The Hall–Kier alpha value is -2.68. The molecule has 1 atom stereocenters. The Labute approximate surface area is 156 Å². The fourth-order valence-corrected chi connectivity index (χ4v) is 2.78. The molecule has 0 aromatic heterocycles. The van der Waals surface area contributed by atoms with E-state index >= 15 is 0 Å². The van der Waals surface area contributed by atoms with E-state index in [-0.39, 0.29) is 21.9 Å². The van der Waals surface area contributed by atoms with Gasteiger partial charge >= 0.3 is 0 Å². The van der Waals surface area contributed by atoms with Crippen LogP contribution in [0, 0.1) is 11.7 Å². The van der Waals surface area contributed by atoms with Crippen molar-refractivity contribution in [3.8, 4) is 0 Å². The van der Waals surface area contributed by atoms with Crippen LogP contribution in [-0.2, 0) is 4.79 Å². The molecule has 0 heterocycles. The zero-order valence-electron chi connectivity index (χ0n) is 14.3. The Balaban J connectivity index is 2.32. The highest BCUT2D eigenvalue weighted by Gasteiger charge is 2.29. The number of rotatable bonds is 8. The predicted octanol–water partition coefficient (Wildman–Crippen LogP) is 1.59. The molecule has 1 aromatic carbocycles. The fourth-order valence-electron chi connectivity index (χ4n) is 2.49. The third-order valence-electron chi connectivity index (χ3n) is 3.93. The summed E-state index contributed by atoms with van der Waals surface area (Å²) in [6.45, 7) is 1.65. The molecular weight excluding hydrogens is 357 g/mol. The molecule has 1 unspecified atom stereocenters. The molecule has 0 saturated heterocycles. The lowest BCUT2D eigenvalue weighted by Gasteiger charge is -2.19. The van der Waals surface area contributed by atoms with Crippen LogP contribution in [0.5, 0.6) is 0 Å². The van der Waals surface area contributed by atoms with E-state index in [1.807, 2.05) is 0 Å². The fraction of sp³-hybridized carbons (Fsp3) is 0.353. The molecule has 0 spiro atoms. The first-order chi connectivity index (χ1) is 12.2. The Morgan fingerprint density at radius 3 is 2.46 bits per heavy atom. The molecule has 1 aromatic rings. The SMILES string of the molecule is CC(N)=CC(=S)Nc1cc(NC(CC2CC2)C(N)=O)c(F)cc1C(N)=O. The molecule has 2 amide bonds. The van der Waals surface area contributed by atoms with Gasteiger partial charge in [0, 0.05) is 5.70 Å². The standard InChI is InChI=1S/C17H22FN5O2S/c1-8(19)4-15(26)23-12-7-13(11(18)6-10(12)16(20)24)22-14(17(21)25)5-9-2-3-9/h4,6-7,9,14,22H,2-3,5,19H2,1H3,(H2,20,24)(H2,21,25)(H,23,26). The monoisotopic (exact) mass is 379 g/mol. The second kappa shape index (κ2) is 8.13. The van der Waals surface area contributed by atoms with E-state index in [1.165, 1.54) is 12.1 Å². The molecule has 0 bridgehead atoms. The van der Waals surface area contributed by atoms with Crippen LogP contribution in [0.25, 0.3) is 0 Å². The highest BCUT2D eigenvalue weighted by atomic mass is 32.1. The first-order valence-electron chi connectivity index (χ1n) is 8.11. The summed E-state index contributed by atoms with van der Waals surface area (Å²) < 4.78 is 14.4. The van der Waals surface area contributed by atoms with Crippen molar-refractivity contribution < 1.29 is 14.0 Å². The summed E-state index contributed by atoms with van der Waals surface area (Å²) in [6.07, 6.45) is 4.07. The number of amides is 2. The first-order valence-corrected chi connectivity index (χ1v) is 8.52. The summed E-state index contributed by atoms with van der Waals surface area (Å²) in [5.41, 5.74) is 16.9. The highest BCUT2D eigenvalue weighted by molar-refractivity contribution is 7.81. The number of benzene rings is 1. The lowest BCUT2D eigenvalue weighted by Crippen LogP contribution is -2.36. The summed E-state index contributed by atoms with van der Waals surface area (Å²) >= 11 is 5.12. The minimum absolute atomic E-state index is 0.0261. The summed E-state index contributed by atoms with van der Waals surface area (Å²) in [5.74, 6) is -1.70. The summed E-state index contributed by atoms with van der Waals surface area (Å²) in [5, 5.41) is 5.61. The first kappa shape index (κ1) is 19.6. The van der Waals surface area contributed by atoms with Crippen LogP contribution in [0.3, 0.4) is 0 Å². The molecule has 0 radical (unpaired) electrons. The van der Waals surface area contributed by atoms with Crippen LogP contribution in [0.1, 0.15) is 36.5 Å². The molecule has 9 heteroatoms. The number of hydrogen-bond acceptors (Lipinski definition) is 5. The number of carbonyl (C=O) groups is 2. The Morgan fingerprint density at radius 2 is 1.96 bits per heavy atom. The average Bonchev–Trinajstić information content (AvgIpc) is 3.32. The molecule has 7 nitrogen and oxygen atoms in total. The van der Waals surface area contributed by atoms with Crippen molar-refractivity contribution in [1.29, 1.82) is 0 Å². The van der Waals surface area contributed by atoms with E-state index in [4.69, 9.17) is 29.4 Å². The van der Waals surface area contributed by atoms with Crippen LogP contribution < -0.4 is 27.8 Å². The number of hydrogen-bond donors (Lipinski definition) is 5. The molecule has 1 fully saturated rings. The Kier molecular flexibility index (Phi) is 6.14. The maximum absolute atomic E-state index is 14.4. The van der Waals surface area contributed by atoms with Gasteiger partial charge in [0.2, 0.25) is 5.91 Å². The maximum Gasteiger partial charge on any atom is 0.250 e. The second-order valence-electron chi connectivity index (χ2n) is 6.40. The number of thiocarbonyl (C=S) groups is 1. The van der Waals surface area contributed by atoms with Crippen molar-refractivity contribution in [2.75, 3.05) is 10.6 Å². The van der Waals surface area contributed by atoms with Crippen molar-refractivity contribution >= 4 is 40.4 Å². The van der Waals surface area contributed by atoms with Crippen molar-refractivity contribution in [1.82, 2.24) is 0 Å². The van der Waals surface area contributed by atoms with Gasteiger partial charge in [-0.15, -0.1) is 0 Å². The van der Waals surface area contributed by atoms with Gasteiger partial charge in [-0.05, 0) is 37.5 Å². The van der Waals surface area contributed by atoms with Gasteiger partial charge in [-0.2, -0.15) is 0 Å². The minimum atomic E-state index is -0.821. The number of nitrogens with one attached hydrogen (secondary N) is 2. The van der Waals surface area contributed by atoms with Gasteiger partial charge in [0.1, 0.15) is 16.8 Å². The van der Waals surface area contributed by atoms with Crippen molar-refractivity contribution in [3.63, 3.8) is 0 Å². The molecule has 140 valence electrons. The van der Waals surface area contributed by atoms with Gasteiger partial charge in [-0.25, -0.2) is 4.39 Å². The van der Waals surface area contributed by atoms with Crippen molar-refractivity contribution in [2.45, 2.75) is 32.2 Å². The van der Waals surface area contributed by atoms with Crippen LogP contribution in [-0.4, -0.2) is 22.8 Å². The Morgan fingerprint density at radius 1 is 1.31 bits per heavy atom. The van der Waals surface area contributed by atoms with E-state index in [9.17, 15) is 14.0 Å². The summed E-state index contributed by atoms with van der Waals surface area (Å²) in [4.78, 5) is 23.5. The van der Waals surface area contributed by atoms with Crippen LogP contribution in [0.2, 0.25) is 0 Å². The molecule has 26 heavy (non-hydrogen) atoms. The molecular formula is C17H22FN5O2S. The van der Waals surface area contributed by atoms with Gasteiger partial charge < -0.3 is 27.8 Å². The van der Waals surface area contributed by atoms with E-state index in [2.05, 4.69) is 10.6 Å². The van der Waals surface area contributed by atoms with Gasteiger partial charge in [-0.3, -0.25) is 9.59 Å². The van der Waals surface area contributed by atoms with Gasteiger partial charge in [0.15, 0.2) is 0 Å². The van der Waals surface area contributed by atoms with Crippen molar-refractivity contribution in [3.05, 3.63) is 35.3 Å². The van der Waals surface area contributed by atoms with Gasteiger partial charge in [-0.1, -0.05) is 25.1 Å². The lowest BCUT2D eigenvalue weighted by molar-refractivity contribution is -0.118. The van der Waals surface area contributed by atoms with E-state index in [0.29, 0.717) is 18.0 Å². The molecule has 8 N–H and O–H groups in total. The quantitative estimate of drug-likeness (QED) is 0.344. The minimum Gasteiger partial charge on any atom is -0.402 e. The lowest BCUT2D eigenvalue weighted by atomic mass is 10.1. The largest absolute Gasteiger partial charge is 0.402 e.